The lowest BCUT2D eigenvalue weighted by Gasteiger charge is -2.29. The first-order valence-corrected chi connectivity index (χ1v) is 14.0. The van der Waals surface area contributed by atoms with Crippen LogP contribution in [0.3, 0.4) is 0 Å². The second-order valence-corrected chi connectivity index (χ2v) is 10.6. The summed E-state index contributed by atoms with van der Waals surface area (Å²) in [4.78, 5) is 15.4. The molecule has 1 aliphatic carbocycles. The van der Waals surface area contributed by atoms with Crippen LogP contribution in [0.1, 0.15) is 36.0 Å². The van der Waals surface area contributed by atoms with Crippen molar-refractivity contribution < 1.29 is 40.6 Å². The number of alkyl halides is 3. The van der Waals surface area contributed by atoms with Gasteiger partial charge in [-0.25, -0.2) is 8.78 Å². The van der Waals surface area contributed by atoms with Crippen LogP contribution in [0.25, 0.3) is 5.57 Å². The smallest absolute Gasteiger partial charge is 0.417 e. The third-order valence-corrected chi connectivity index (χ3v) is 7.70. The number of carbonyl (C=O) groups is 1. The Morgan fingerprint density at radius 1 is 0.953 bits per heavy atom. The van der Waals surface area contributed by atoms with E-state index in [0.717, 1.165) is 36.1 Å². The molecule has 0 atom stereocenters. The second-order valence-electron chi connectivity index (χ2n) is 10.2. The highest BCUT2D eigenvalue weighted by molar-refractivity contribution is 6.32. The summed E-state index contributed by atoms with van der Waals surface area (Å²) >= 11 is 6.14. The number of nitrogens with one attached hydrogen (secondary N) is 1. The van der Waals surface area contributed by atoms with E-state index < -0.39 is 40.0 Å². The van der Waals surface area contributed by atoms with Crippen molar-refractivity contribution >= 4 is 23.1 Å². The number of carbonyl (C=O) groups excluding carboxylic acids is 1. The van der Waals surface area contributed by atoms with Crippen LogP contribution >= 0.6 is 11.6 Å². The zero-order valence-electron chi connectivity index (χ0n) is 22.7. The maximum Gasteiger partial charge on any atom is 0.417 e. The predicted molar refractivity (Wildman–Crippen MR) is 148 cm³/mol. The predicted octanol–water partition coefficient (Wildman–Crippen LogP) is 7.17. The number of ether oxygens (including phenoxy) is 2. The highest BCUT2D eigenvalue weighted by atomic mass is 35.5. The van der Waals surface area contributed by atoms with Gasteiger partial charge in [0.15, 0.2) is 17.4 Å². The molecule has 0 bridgehead atoms. The second kappa shape index (κ2) is 12.9. The van der Waals surface area contributed by atoms with Crippen LogP contribution in [-0.2, 0) is 17.5 Å². The third-order valence-electron chi connectivity index (χ3n) is 7.25. The van der Waals surface area contributed by atoms with Crippen molar-refractivity contribution in [3.8, 4) is 11.5 Å². The molecule has 43 heavy (non-hydrogen) atoms. The lowest BCUT2D eigenvalue weighted by molar-refractivity contribution is -0.137. The van der Waals surface area contributed by atoms with Crippen LogP contribution in [-0.4, -0.2) is 43.2 Å². The van der Waals surface area contributed by atoms with E-state index in [1.54, 1.807) is 29.2 Å². The number of halogens is 7. The molecule has 1 N–H and O–H groups in total. The Bertz CT molecular complexity index is 1520. The maximum atomic E-state index is 13.8. The number of benzene rings is 3. The van der Waals surface area contributed by atoms with Gasteiger partial charge in [0.1, 0.15) is 19.0 Å². The SMILES string of the molecule is O=C(C1=C(c2ccc(OCCOc3c(F)ccc(F)c3F)cc2)CCNC1)N(Cc1cccc(C(F)(F)F)c1Cl)C1CC1. The summed E-state index contributed by atoms with van der Waals surface area (Å²) in [5, 5.41) is 2.80. The largest absolute Gasteiger partial charge is 0.490 e. The highest BCUT2D eigenvalue weighted by Crippen LogP contribution is 2.39. The standard InChI is InChI=1S/C31H27ClF6N2O3/c32-27-19(2-1-3-24(27)31(36,37)38)17-40(20-6-7-20)30(41)23-16-39-13-12-22(23)18-4-8-21(9-5-18)42-14-15-43-29-26(34)11-10-25(33)28(29)35/h1-5,8-11,20,39H,6-7,12-17H2. The molecule has 3 aromatic carbocycles. The van der Waals surface area contributed by atoms with E-state index in [-0.39, 0.29) is 37.3 Å². The Morgan fingerprint density at radius 2 is 1.65 bits per heavy atom. The van der Waals surface area contributed by atoms with Crippen LogP contribution in [0.15, 0.2) is 60.2 Å². The Hall–Kier alpha value is -3.70. The minimum atomic E-state index is -4.61. The van der Waals surface area contributed by atoms with Gasteiger partial charge in [0.25, 0.3) is 5.91 Å². The van der Waals surface area contributed by atoms with Gasteiger partial charge < -0.3 is 19.7 Å². The molecular weight excluding hydrogens is 598 g/mol. The zero-order valence-corrected chi connectivity index (χ0v) is 23.5. The molecule has 228 valence electrons. The molecule has 0 saturated heterocycles. The van der Waals surface area contributed by atoms with Crippen molar-refractivity contribution in [3.05, 3.63) is 99.3 Å². The van der Waals surface area contributed by atoms with Gasteiger partial charge in [-0.05, 0) is 72.8 Å². The van der Waals surface area contributed by atoms with Crippen LogP contribution in [0.4, 0.5) is 26.3 Å². The lowest BCUT2D eigenvalue weighted by atomic mass is 9.93. The number of nitrogens with zero attached hydrogens (tertiary/aromatic N) is 1. The third kappa shape index (κ3) is 7.10. The minimum Gasteiger partial charge on any atom is -0.490 e. The molecule has 3 aromatic rings. The number of hydrogen-bond donors (Lipinski definition) is 1. The van der Waals surface area contributed by atoms with Crippen LogP contribution in [0, 0.1) is 17.5 Å². The summed E-state index contributed by atoms with van der Waals surface area (Å²) in [6, 6.07) is 12.0. The summed E-state index contributed by atoms with van der Waals surface area (Å²) in [5.74, 6) is -4.30. The molecule has 1 amide bonds. The number of hydrogen-bond acceptors (Lipinski definition) is 4. The van der Waals surface area contributed by atoms with Crippen molar-refractivity contribution in [2.75, 3.05) is 26.3 Å². The molecule has 1 aliphatic heterocycles. The molecular formula is C31H27ClF6N2O3. The molecule has 1 fully saturated rings. The van der Waals surface area contributed by atoms with E-state index in [0.29, 0.717) is 36.9 Å². The molecule has 0 radical (unpaired) electrons. The normalized spacial score (nSPS) is 15.4. The Kier molecular flexibility index (Phi) is 9.22. The molecule has 12 heteroatoms. The first-order valence-electron chi connectivity index (χ1n) is 13.6. The van der Waals surface area contributed by atoms with Crippen molar-refractivity contribution in [3.63, 3.8) is 0 Å². The molecule has 0 spiro atoms. The van der Waals surface area contributed by atoms with Crippen molar-refractivity contribution in [2.45, 2.75) is 38.0 Å². The monoisotopic (exact) mass is 624 g/mol. The molecule has 5 rings (SSSR count). The van der Waals surface area contributed by atoms with E-state index in [9.17, 15) is 31.1 Å². The summed E-state index contributed by atoms with van der Waals surface area (Å²) < 4.78 is 91.6. The van der Waals surface area contributed by atoms with Crippen molar-refractivity contribution in [1.82, 2.24) is 10.2 Å². The van der Waals surface area contributed by atoms with Gasteiger partial charge in [-0.3, -0.25) is 4.79 Å². The van der Waals surface area contributed by atoms with E-state index in [1.807, 2.05) is 0 Å². The molecule has 2 aliphatic rings. The summed E-state index contributed by atoms with van der Waals surface area (Å²) in [7, 11) is 0. The van der Waals surface area contributed by atoms with Gasteiger partial charge in [0.05, 0.1) is 10.6 Å². The van der Waals surface area contributed by atoms with E-state index in [2.05, 4.69) is 5.32 Å². The fourth-order valence-electron chi connectivity index (χ4n) is 4.93. The average molecular weight is 625 g/mol. The molecule has 1 saturated carbocycles. The molecule has 1 heterocycles. The van der Waals surface area contributed by atoms with E-state index >= 15 is 0 Å². The minimum absolute atomic E-state index is 0.0404. The Balaban J connectivity index is 1.28. The summed E-state index contributed by atoms with van der Waals surface area (Å²) in [5.41, 5.74) is 1.43. The first kappa shape index (κ1) is 30.7. The van der Waals surface area contributed by atoms with Gasteiger partial charge in [0, 0.05) is 24.7 Å². The first-order chi connectivity index (χ1) is 20.5. The summed E-state index contributed by atoms with van der Waals surface area (Å²) in [6.45, 7) is 0.594. The van der Waals surface area contributed by atoms with Gasteiger partial charge in [-0.2, -0.15) is 17.6 Å². The number of amides is 1. The Morgan fingerprint density at radius 3 is 2.35 bits per heavy atom. The van der Waals surface area contributed by atoms with Gasteiger partial charge in [0.2, 0.25) is 5.82 Å². The Labute approximate surface area is 249 Å². The zero-order chi connectivity index (χ0) is 30.7. The van der Waals surface area contributed by atoms with Gasteiger partial charge >= 0.3 is 6.18 Å². The summed E-state index contributed by atoms with van der Waals surface area (Å²) in [6.07, 6.45) is -2.54. The lowest BCUT2D eigenvalue weighted by Crippen LogP contribution is -2.39. The molecule has 0 aromatic heterocycles. The topological polar surface area (TPSA) is 50.8 Å². The van der Waals surface area contributed by atoms with Gasteiger partial charge in [-0.1, -0.05) is 35.9 Å². The molecule has 5 nitrogen and oxygen atoms in total. The fourth-order valence-corrected chi connectivity index (χ4v) is 5.23. The van der Waals surface area contributed by atoms with Crippen molar-refractivity contribution in [2.24, 2.45) is 0 Å². The van der Waals surface area contributed by atoms with Crippen LogP contribution in [0.5, 0.6) is 11.5 Å². The highest BCUT2D eigenvalue weighted by Gasteiger charge is 2.38. The van der Waals surface area contributed by atoms with Crippen LogP contribution in [0.2, 0.25) is 5.02 Å². The number of rotatable bonds is 10. The average Bonchev–Trinajstić information content (AvgIpc) is 3.83. The maximum absolute atomic E-state index is 13.8. The van der Waals surface area contributed by atoms with Crippen molar-refractivity contribution in [1.29, 1.82) is 0 Å². The quantitative estimate of drug-likeness (QED) is 0.148. The fraction of sp³-hybridized carbons (Fsp3) is 0.323. The van der Waals surface area contributed by atoms with E-state index in [4.69, 9.17) is 21.1 Å². The molecule has 0 unspecified atom stereocenters. The van der Waals surface area contributed by atoms with E-state index in [1.165, 1.54) is 12.1 Å². The van der Waals surface area contributed by atoms with Crippen LogP contribution < -0.4 is 14.8 Å². The van der Waals surface area contributed by atoms with Gasteiger partial charge in [-0.15, -0.1) is 0 Å².